The molecule has 1 amide bonds. The summed E-state index contributed by atoms with van der Waals surface area (Å²) < 4.78 is 1.75. The molecule has 1 aliphatic heterocycles. The van der Waals surface area contributed by atoms with Crippen molar-refractivity contribution in [2.45, 2.75) is 18.9 Å². The van der Waals surface area contributed by atoms with Gasteiger partial charge in [0.1, 0.15) is 16.7 Å². The Morgan fingerprint density at radius 3 is 2.81 bits per heavy atom. The van der Waals surface area contributed by atoms with Gasteiger partial charge in [0.05, 0.1) is 11.9 Å². The third kappa shape index (κ3) is 2.99. The zero-order chi connectivity index (χ0) is 18.1. The Balaban J connectivity index is 1.56. The van der Waals surface area contributed by atoms with E-state index in [0.717, 1.165) is 11.3 Å². The highest BCUT2D eigenvalue weighted by Gasteiger charge is 2.35. The molecule has 1 fully saturated rings. The summed E-state index contributed by atoms with van der Waals surface area (Å²) in [7, 11) is 0. The number of carboxylic acids is 1. The molecule has 8 heteroatoms. The molecule has 7 nitrogen and oxygen atoms in total. The van der Waals surface area contributed by atoms with Crippen LogP contribution < -0.4 is 0 Å². The van der Waals surface area contributed by atoms with Gasteiger partial charge in [-0.25, -0.2) is 14.5 Å². The SMILES string of the molecule is O=C(O)[C@H]1CCCN1C(=O)c1csc(-c2cnn(-c3ccccc3)c2)n1. The number of hydrogen-bond acceptors (Lipinski definition) is 5. The third-order valence-corrected chi connectivity index (χ3v) is 5.26. The minimum atomic E-state index is -0.963. The first-order valence-electron chi connectivity index (χ1n) is 8.23. The number of carboxylic acid groups (broad SMARTS) is 1. The number of carbonyl (C=O) groups is 2. The number of thiazole rings is 1. The lowest BCUT2D eigenvalue weighted by Gasteiger charge is -2.20. The Hall–Kier alpha value is -3.00. The van der Waals surface area contributed by atoms with Crippen LogP contribution in [0.5, 0.6) is 0 Å². The summed E-state index contributed by atoms with van der Waals surface area (Å²) in [6.07, 6.45) is 4.75. The van der Waals surface area contributed by atoms with E-state index in [0.29, 0.717) is 24.4 Å². The monoisotopic (exact) mass is 368 g/mol. The van der Waals surface area contributed by atoms with Crippen molar-refractivity contribution in [1.29, 1.82) is 0 Å². The molecular formula is C18H16N4O3S. The van der Waals surface area contributed by atoms with E-state index in [1.54, 1.807) is 16.3 Å². The van der Waals surface area contributed by atoms with E-state index in [2.05, 4.69) is 10.1 Å². The highest BCUT2D eigenvalue weighted by atomic mass is 32.1. The van der Waals surface area contributed by atoms with Crippen LogP contribution in [0.25, 0.3) is 16.3 Å². The molecular weight excluding hydrogens is 352 g/mol. The number of hydrogen-bond donors (Lipinski definition) is 1. The lowest BCUT2D eigenvalue weighted by molar-refractivity contribution is -0.141. The van der Waals surface area contributed by atoms with Gasteiger partial charge in [0.15, 0.2) is 0 Å². The fraction of sp³-hybridized carbons (Fsp3) is 0.222. The number of nitrogens with zero attached hydrogens (tertiary/aromatic N) is 4. The van der Waals surface area contributed by atoms with Crippen LogP contribution in [0.2, 0.25) is 0 Å². The molecule has 1 N–H and O–H groups in total. The van der Waals surface area contributed by atoms with Crippen molar-refractivity contribution >= 4 is 23.2 Å². The maximum Gasteiger partial charge on any atom is 0.326 e. The number of rotatable bonds is 4. The molecule has 0 radical (unpaired) electrons. The van der Waals surface area contributed by atoms with Crippen molar-refractivity contribution in [3.8, 4) is 16.3 Å². The molecule has 1 aromatic carbocycles. The first-order valence-corrected chi connectivity index (χ1v) is 9.11. The lowest BCUT2D eigenvalue weighted by Crippen LogP contribution is -2.40. The van der Waals surface area contributed by atoms with Gasteiger partial charge in [0.2, 0.25) is 0 Å². The third-order valence-electron chi connectivity index (χ3n) is 4.37. The molecule has 1 saturated heterocycles. The van der Waals surface area contributed by atoms with Crippen LogP contribution in [0.4, 0.5) is 0 Å². The van der Waals surface area contributed by atoms with E-state index >= 15 is 0 Å². The Bertz CT molecular complexity index is 950. The normalized spacial score (nSPS) is 16.8. The molecule has 0 aliphatic carbocycles. The number of para-hydroxylation sites is 1. The van der Waals surface area contributed by atoms with Crippen LogP contribution in [0.1, 0.15) is 23.3 Å². The second-order valence-corrected chi connectivity index (χ2v) is 6.90. The summed E-state index contributed by atoms with van der Waals surface area (Å²) in [4.78, 5) is 29.7. The average Bonchev–Trinajstić information content (AvgIpc) is 3.41. The first-order chi connectivity index (χ1) is 12.6. The van der Waals surface area contributed by atoms with Crippen LogP contribution in [0, 0.1) is 0 Å². The zero-order valence-electron chi connectivity index (χ0n) is 13.8. The van der Waals surface area contributed by atoms with E-state index in [1.165, 1.54) is 16.2 Å². The number of benzene rings is 1. The van der Waals surface area contributed by atoms with Crippen LogP contribution >= 0.6 is 11.3 Å². The van der Waals surface area contributed by atoms with E-state index < -0.39 is 12.0 Å². The highest BCUT2D eigenvalue weighted by molar-refractivity contribution is 7.13. The van der Waals surface area contributed by atoms with Crippen molar-refractivity contribution in [2.24, 2.45) is 0 Å². The van der Waals surface area contributed by atoms with Gasteiger partial charge in [-0.1, -0.05) is 18.2 Å². The van der Waals surface area contributed by atoms with Gasteiger partial charge in [-0.05, 0) is 25.0 Å². The molecule has 2 aromatic heterocycles. The molecule has 0 spiro atoms. The summed E-state index contributed by atoms with van der Waals surface area (Å²) in [6, 6.07) is 8.96. The fourth-order valence-electron chi connectivity index (χ4n) is 3.07. The van der Waals surface area contributed by atoms with E-state index in [1.807, 2.05) is 36.5 Å². The number of carbonyl (C=O) groups excluding carboxylic acids is 1. The number of aliphatic carboxylic acids is 1. The van der Waals surface area contributed by atoms with Crippen LogP contribution in [-0.2, 0) is 4.79 Å². The molecule has 0 bridgehead atoms. The van der Waals surface area contributed by atoms with Crippen molar-refractivity contribution < 1.29 is 14.7 Å². The lowest BCUT2D eigenvalue weighted by atomic mass is 10.2. The summed E-state index contributed by atoms with van der Waals surface area (Å²) in [5, 5.41) is 15.9. The summed E-state index contributed by atoms with van der Waals surface area (Å²) in [5.74, 6) is -1.29. The summed E-state index contributed by atoms with van der Waals surface area (Å²) in [5.41, 5.74) is 2.03. The van der Waals surface area contributed by atoms with Crippen LogP contribution in [0.3, 0.4) is 0 Å². The number of likely N-dealkylation sites (tertiary alicyclic amines) is 1. The largest absolute Gasteiger partial charge is 0.480 e. The summed E-state index contributed by atoms with van der Waals surface area (Å²) in [6.45, 7) is 0.453. The van der Waals surface area contributed by atoms with Gasteiger partial charge in [0, 0.05) is 23.7 Å². The van der Waals surface area contributed by atoms with Gasteiger partial charge in [-0.3, -0.25) is 4.79 Å². The van der Waals surface area contributed by atoms with Crippen molar-refractivity contribution in [3.05, 3.63) is 53.8 Å². The molecule has 0 unspecified atom stereocenters. The predicted molar refractivity (Wildman–Crippen MR) is 96.4 cm³/mol. The molecule has 132 valence electrons. The van der Waals surface area contributed by atoms with E-state index in [4.69, 9.17) is 0 Å². The molecule has 1 atom stereocenters. The van der Waals surface area contributed by atoms with Gasteiger partial charge in [-0.2, -0.15) is 5.10 Å². The molecule has 26 heavy (non-hydrogen) atoms. The molecule has 3 aromatic rings. The Morgan fingerprint density at radius 1 is 1.23 bits per heavy atom. The second kappa shape index (κ2) is 6.72. The van der Waals surface area contributed by atoms with Gasteiger partial charge >= 0.3 is 5.97 Å². The quantitative estimate of drug-likeness (QED) is 0.765. The average molecular weight is 368 g/mol. The standard InChI is InChI=1S/C18H16N4O3S/c23-17(21-8-4-7-15(21)18(24)25)14-11-26-16(20-14)12-9-19-22(10-12)13-5-2-1-3-6-13/h1-3,5-6,9-11,15H,4,7-8H2,(H,24,25)/t15-/m1/s1. The number of amides is 1. The smallest absolute Gasteiger partial charge is 0.326 e. The molecule has 0 saturated carbocycles. The van der Waals surface area contributed by atoms with Gasteiger partial charge in [-0.15, -0.1) is 11.3 Å². The highest BCUT2D eigenvalue weighted by Crippen LogP contribution is 2.26. The zero-order valence-corrected chi connectivity index (χ0v) is 14.6. The number of aromatic nitrogens is 3. The van der Waals surface area contributed by atoms with Crippen LogP contribution in [0.15, 0.2) is 48.1 Å². The Labute approximate surface area is 153 Å². The predicted octanol–water partition coefficient (Wildman–Crippen LogP) is 2.69. The van der Waals surface area contributed by atoms with Crippen molar-refractivity contribution in [1.82, 2.24) is 19.7 Å². The Morgan fingerprint density at radius 2 is 2.04 bits per heavy atom. The topological polar surface area (TPSA) is 88.3 Å². The second-order valence-electron chi connectivity index (χ2n) is 6.04. The molecule has 1 aliphatic rings. The fourth-order valence-corrected chi connectivity index (χ4v) is 3.84. The van der Waals surface area contributed by atoms with Crippen molar-refractivity contribution in [3.63, 3.8) is 0 Å². The Kier molecular flexibility index (Phi) is 4.26. The van der Waals surface area contributed by atoms with Gasteiger partial charge in [0.25, 0.3) is 5.91 Å². The summed E-state index contributed by atoms with van der Waals surface area (Å²) >= 11 is 1.35. The molecule has 3 heterocycles. The van der Waals surface area contributed by atoms with Gasteiger partial charge < -0.3 is 10.0 Å². The molecule has 4 rings (SSSR count). The van der Waals surface area contributed by atoms with Crippen LogP contribution in [-0.4, -0.2) is 49.2 Å². The maximum atomic E-state index is 12.6. The minimum Gasteiger partial charge on any atom is -0.480 e. The van der Waals surface area contributed by atoms with Crippen molar-refractivity contribution in [2.75, 3.05) is 6.54 Å². The van der Waals surface area contributed by atoms with E-state index in [9.17, 15) is 14.7 Å². The van der Waals surface area contributed by atoms with E-state index in [-0.39, 0.29) is 11.6 Å². The minimum absolute atomic E-state index is 0.283. The first kappa shape index (κ1) is 16.5. The maximum absolute atomic E-state index is 12.6.